The highest BCUT2D eigenvalue weighted by Crippen LogP contribution is 2.16. The van der Waals surface area contributed by atoms with E-state index in [1.165, 1.54) is 0 Å². The predicted octanol–water partition coefficient (Wildman–Crippen LogP) is 1.75. The fourth-order valence-corrected chi connectivity index (χ4v) is 3.46. The van der Waals surface area contributed by atoms with Crippen LogP contribution < -0.4 is 10.4 Å². The number of hydrogen-bond acceptors (Lipinski definition) is 4. The van der Waals surface area contributed by atoms with Crippen molar-refractivity contribution < 1.29 is 19.7 Å². The van der Waals surface area contributed by atoms with E-state index in [2.05, 4.69) is 6.58 Å². The molecule has 148 valence electrons. The number of aryl methyl sites for hydroxylation is 1. The SMILES string of the molecule is C=c1c(C)c(O)c(=Cc2cccc(CCC(=O)N3CCOCC3)c2)c(C)c1O. The third-order valence-electron chi connectivity index (χ3n) is 5.36. The Bertz CT molecular complexity index is 955. The van der Waals surface area contributed by atoms with Crippen LogP contribution in [0.2, 0.25) is 0 Å². The molecule has 2 N–H and O–H groups in total. The minimum absolute atomic E-state index is 0.105. The second kappa shape index (κ2) is 8.48. The maximum atomic E-state index is 12.3. The Balaban J connectivity index is 1.82. The molecule has 0 aliphatic carbocycles. The lowest BCUT2D eigenvalue weighted by atomic mass is 10.0. The van der Waals surface area contributed by atoms with Crippen LogP contribution in [0.15, 0.2) is 24.3 Å². The molecule has 0 aromatic heterocycles. The minimum Gasteiger partial charge on any atom is -0.507 e. The topological polar surface area (TPSA) is 70.0 Å². The van der Waals surface area contributed by atoms with E-state index in [0.717, 1.165) is 11.1 Å². The van der Waals surface area contributed by atoms with Gasteiger partial charge in [0.1, 0.15) is 11.5 Å². The summed E-state index contributed by atoms with van der Waals surface area (Å²) in [6.07, 6.45) is 2.97. The fraction of sp³-hybridized carbons (Fsp3) is 0.348. The van der Waals surface area contributed by atoms with Gasteiger partial charge in [-0.2, -0.15) is 0 Å². The average molecular weight is 381 g/mol. The molecule has 0 spiro atoms. The number of hydrogen-bond donors (Lipinski definition) is 2. The zero-order valence-corrected chi connectivity index (χ0v) is 16.5. The van der Waals surface area contributed by atoms with Gasteiger partial charge in [0.15, 0.2) is 0 Å². The quantitative estimate of drug-likeness (QED) is 0.792. The van der Waals surface area contributed by atoms with Crippen LogP contribution in [-0.4, -0.2) is 47.3 Å². The summed E-state index contributed by atoms with van der Waals surface area (Å²) in [5, 5.41) is 21.8. The molecule has 1 aliphatic heterocycles. The van der Waals surface area contributed by atoms with Crippen LogP contribution in [0.5, 0.6) is 11.5 Å². The first kappa shape index (κ1) is 20.0. The largest absolute Gasteiger partial charge is 0.507 e. The van der Waals surface area contributed by atoms with E-state index in [1.807, 2.05) is 35.2 Å². The summed E-state index contributed by atoms with van der Waals surface area (Å²) < 4.78 is 5.29. The zero-order chi connectivity index (χ0) is 20.3. The van der Waals surface area contributed by atoms with Crippen LogP contribution in [0.25, 0.3) is 12.7 Å². The fourth-order valence-electron chi connectivity index (χ4n) is 3.46. The summed E-state index contributed by atoms with van der Waals surface area (Å²) in [7, 11) is 0. The van der Waals surface area contributed by atoms with Gasteiger partial charge in [-0.3, -0.25) is 4.79 Å². The van der Waals surface area contributed by atoms with Crippen molar-refractivity contribution in [3.8, 4) is 11.5 Å². The third-order valence-corrected chi connectivity index (χ3v) is 5.36. The molecule has 0 saturated carbocycles. The molecule has 1 fully saturated rings. The molecule has 28 heavy (non-hydrogen) atoms. The summed E-state index contributed by atoms with van der Waals surface area (Å²) in [5.41, 5.74) is 3.13. The number of amides is 1. The van der Waals surface area contributed by atoms with Crippen molar-refractivity contribution in [2.75, 3.05) is 26.3 Å². The predicted molar refractivity (Wildman–Crippen MR) is 110 cm³/mol. The maximum absolute atomic E-state index is 12.3. The molecule has 2 aromatic carbocycles. The summed E-state index contributed by atoms with van der Waals surface area (Å²) in [4.78, 5) is 14.2. The highest BCUT2D eigenvalue weighted by molar-refractivity contribution is 5.76. The monoisotopic (exact) mass is 381 g/mol. The number of carbonyl (C=O) groups excluding carboxylic acids is 1. The van der Waals surface area contributed by atoms with Crippen LogP contribution in [0.4, 0.5) is 0 Å². The van der Waals surface area contributed by atoms with Crippen LogP contribution >= 0.6 is 0 Å². The first-order chi connectivity index (χ1) is 13.4. The molecule has 1 heterocycles. The van der Waals surface area contributed by atoms with Crippen molar-refractivity contribution >= 4 is 18.6 Å². The highest BCUT2D eigenvalue weighted by atomic mass is 16.5. The number of ether oxygens (including phenoxy) is 1. The van der Waals surface area contributed by atoms with Gasteiger partial charge in [-0.25, -0.2) is 0 Å². The first-order valence-electron chi connectivity index (χ1n) is 9.54. The lowest BCUT2D eigenvalue weighted by molar-refractivity contribution is -0.135. The van der Waals surface area contributed by atoms with Crippen molar-refractivity contribution in [2.24, 2.45) is 0 Å². The highest BCUT2D eigenvalue weighted by Gasteiger charge is 2.16. The number of nitrogens with zero attached hydrogens (tertiary/aromatic N) is 1. The normalized spacial score (nSPS) is 15.1. The smallest absolute Gasteiger partial charge is 0.223 e. The van der Waals surface area contributed by atoms with E-state index in [-0.39, 0.29) is 17.4 Å². The molecule has 1 amide bonds. The van der Waals surface area contributed by atoms with E-state index in [0.29, 0.717) is 60.7 Å². The van der Waals surface area contributed by atoms with E-state index in [4.69, 9.17) is 4.74 Å². The Hall–Kier alpha value is -2.79. The number of benzene rings is 2. The number of rotatable bonds is 4. The van der Waals surface area contributed by atoms with Crippen molar-refractivity contribution in [3.63, 3.8) is 0 Å². The Kier molecular flexibility index (Phi) is 6.05. The summed E-state index contributed by atoms with van der Waals surface area (Å²) in [6, 6.07) is 7.89. The molecule has 0 radical (unpaired) electrons. The Morgan fingerprint density at radius 3 is 2.61 bits per heavy atom. The third kappa shape index (κ3) is 4.20. The molecule has 0 atom stereocenters. The molecule has 5 heteroatoms. The van der Waals surface area contributed by atoms with E-state index in [9.17, 15) is 15.0 Å². The van der Waals surface area contributed by atoms with Gasteiger partial charge in [0, 0.05) is 41.1 Å². The lowest BCUT2D eigenvalue weighted by Gasteiger charge is -2.26. The number of carbonyl (C=O) groups is 1. The van der Waals surface area contributed by atoms with Gasteiger partial charge in [0.05, 0.1) is 13.2 Å². The van der Waals surface area contributed by atoms with Crippen molar-refractivity contribution in [3.05, 3.63) is 57.0 Å². The number of phenolic OH excluding ortho intramolecular Hbond substituents is 2. The van der Waals surface area contributed by atoms with E-state index >= 15 is 0 Å². The second-order valence-corrected chi connectivity index (χ2v) is 7.22. The van der Waals surface area contributed by atoms with Crippen LogP contribution in [0.1, 0.15) is 28.7 Å². The van der Waals surface area contributed by atoms with Crippen LogP contribution in [0, 0.1) is 13.8 Å². The minimum atomic E-state index is 0.105. The van der Waals surface area contributed by atoms with Crippen molar-refractivity contribution in [1.82, 2.24) is 4.90 Å². The van der Waals surface area contributed by atoms with Gasteiger partial charge in [-0.15, -0.1) is 0 Å². The van der Waals surface area contributed by atoms with Crippen LogP contribution in [-0.2, 0) is 16.0 Å². The molecule has 0 bridgehead atoms. The summed E-state index contributed by atoms with van der Waals surface area (Å²) in [5.74, 6) is 0.389. The number of phenols is 2. The Morgan fingerprint density at radius 1 is 1.18 bits per heavy atom. The van der Waals surface area contributed by atoms with Crippen molar-refractivity contribution in [2.45, 2.75) is 26.7 Å². The molecule has 0 unspecified atom stereocenters. The standard InChI is InChI=1S/C23H27NO4/c1-15-16(2)23(27)20(17(3)22(15)26)14-19-6-4-5-18(13-19)7-8-21(25)24-9-11-28-12-10-24/h4-6,13-14,26-27H,1,7-12H2,2-3H3. The van der Waals surface area contributed by atoms with Gasteiger partial charge in [0.25, 0.3) is 0 Å². The molecule has 1 aliphatic rings. The van der Waals surface area contributed by atoms with Gasteiger partial charge >= 0.3 is 0 Å². The van der Waals surface area contributed by atoms with Crippen LogP contribution in [0.3, 0.4) is 0 Å². The van der Waals surface area contributed by atoms with Gasteiger partial charge in [0.2, 0.25) is 5.91 Å². The van der Waals surface area contributed by atoms with E-state index in [1.54, 1.807) is 13.8 Å². The van der Waals surface area contributed by atoms with E-state index < -0.39 is 0 Å². The molecule has 2 aromatic rings. The maximum Gasteiger partial charge on any atom is 0.223 e. The molecular weight excluding hydrogens is 354 g/mol. The molecular formula is C23H27NO4. The molecule has 1 saturated heterocycles. The number of aromatic hydroxyl groups is 2. The molecule has 5 nitrogen and oxygen atoms in total. The average Bonchev–Trinajstić information content (AvgIpc) is 2.73. The second-order valence-electron chi connectivity index (χ2n) is 7.22. The number of morpholine rings is 1. The van der Waals surface area contributed by atoms with Gasteiger partial charge in [-0.1, -0.05) is 30.8 Å². The van der Waals surface area contributed by atoms with Crippen molar-refractivity contribution in [1.29, 1.82) is 0 Å². The zero-order valence-electron chi connectivity index (χ0n) is 16.5. The van der Waals surface area contributed by atoms with Gasteiger partial charge in [-0.05, 0) is 37.5 Å². The van der Waals surface area contributed by atoms with Gasteiger partial charge < -0.3 is 19.8 Å². The summed E-state index contributed by atoms with van der Waals surface area (Å²) in [6.45, 7) is 9.86. The lowest BCUT2D eigenvalue weighted by Crippen LogP contribution is -2.40. The Labute approximate surface area is 165 Å². The Morgan fingerprint density at radius 2 is 1.89 bits per heavy atom. The first-order valence-corrected chi connectivity index (χ1v) is 9.54. The summed E-state index contributed by atoms with van der Waals surface area (Å²) >= 11 is 0. The molecule has 3 rings (SSSR count).